The molecule has 1 saturated heterocycles. The van der Waals surface area contributed by atoms with Crippen molar-refractivity contribution in [2.24, 2.45) is 0 Å². The molecule has 4 aromatic rings. The maximum atomic E-state index is 15.1. The summed E-state index contributed by atoms with van der Waals surface area (Å²) in [6.07, 6.45) is 2.84. The van der Waals surface area contributed by atoms with E-state index in [0.717, 1.165) is 6.07 Å². The van der Waals surface area contributed by atoms with Crippen LogP contribution in [0.5, 0.6) is 0 Å². The maximum absolute atomic E-state index is 15.1. The molecular weight excluding hydrogens is 477 g/mol. The van der Waals surface area contributed by atoms with Gasteiger partial charge in [-0.25, -0.2) is 13.9 Å². The van der Waals surface area contributed by atoms with Crippen LogP contribution in [0.1, 0.15) is 17.3 Å². The highest BCUT2D eigenvalue weighted by atomic mass is 32.1. The zero-order valence-electron chi connectivity index (χ0n) is 18.8. The lowest BCUT2D eigenvalue weighted by molar-refractivity contribution is 0.0695. The van der Waals surface area contributed by atoms with Crippen molar-refractivity contribution in [1.82, 2.24) is 19.2 Å². The van der Waals surface area contributed by atoms with E-state index in [4.69, 9.17) is 21.1 Å². The smallest absolute Gasteiger partial charge is 0.341 e. The molecule has 0 bridgehead atoms. The van der Waals surface area contributed by atoms with Crippen LogP contribution in [0, 0.1) is 10.7 Å². The summed E-state index contributed by atoms with van der Waals surface area (Å²) in [6, 6.07) is 6.24. The summed E-state index contributed by atoms with van der Waals surface area (Å²) in [5.74, 6) is -1.09. The predicted octanol–water partition coefficient (Wildman–Crippen LogP) is 3.42. The summed E-state index contributed by atoms with van der Waals surface area (Å²) in [5.41, 5.74) is -0.187. The van der Waals surface area contributed by atoms with E-state index in [1.54, 1.807) is 27.4 Å². The van der Waals surface area contributed by atoms with Crippen LogP contribution in [-0.4, -0.2) is 56.5 Å². The number of rotatable bonds is 6. The van der Waals surface area contributed by atoms with E-state index < -0.39 is 17.2 Å². The number of aromatic carboxylic acids is 1. The second-order valence-corrected chi connectivity index (χ2v) is 8.53. The second kappa shape index (κ2) is 9.12. The Bertz CT molecular complexity index is 1520. The topological polar surface area (TPSA) is 110 Å². The maximum Gasteiger partial charge on any atom is 0.341 e. The van der Waals surface area contributed by atoms with E-state index in [9.17, 15) is 14.7 Å². The number of furan rings is 1. The monoisotopic (exact) mass is 499 g/mol. The molecule has 35 heavy (non-hydrogen) atoms. The summed E-state index contributed by atoms with van der Waals surface area (Å²) in [7, 11) is 0. The van der Waals surface area contributed by atoms with Crippen LogP contribution in [0.3, 0.4) is 0 Å². The fraction of sp³-hybridized carbons (Fsp3) is 0.304. The Morgan fingerprint density at radius 3 is 2.69 bits per heavy atom. The van der Waals surface area contributed by atoms with Crippen molar-refractivity contribution >= 4 is 34.8 Å². The molecule has 1 N–H and O–H groups in total. The molecule has 1 aromatic carbocycles. The number of hydrogen-bond donors (Lipinski definition) is 1. The fourth-order valence-corrected chi connectivity index (χ4v) is 4.45. The molecule has 1 aliphatic rings. The minimum atomic E-state index is -1.33. The summed E-state index contributed by atoms with van der Waals surface area (Å²) >= 11 is 5.28. The Morgan fingerprint density at radius 2 is 2.03 bits per heavy atom. The molecule has 0 atom stereocenters. The van der Waals surface area contributed by atoms with Gasteiger partial charge in [0.1, 0.15) is 11.4 Å². The van der Waals surface area contributed by atoms with Gasteiger partial charge in [0, 0.05) is 44.3 Å². The molecule has 182 valence electrons. The van der Waals surface area contributed by atoms with Gasteiger partial charge in [-0.3, -0.25) is 9.69 Å². The van der Waals surface area contributed by atoms with Gasteiger partial charge in [0.15, 0.2) is 5.76 Å². The quantitative estimate of drug-likeness (QED) is 0.399. The van der Waals surface area contributed by atoms with Crippen molar-refractivity contribution in [2.45, 2.75) is 20.1 Å². The average Bonchev–Trinajstić information content (AvgIpc) is 3.50. The number of aryl methyl sites for hydroxylation is 1. The van der Waals surface area contributed by atoms with Crippen molar-refractivity contribution in [3.63, 3.8) is 0 Å². The third-order valence-corrected chi connectivity index (χ3v) is 6.40. The first-order chi connectivity index (χ1) is 16.9. The Kier molecular flexibility index (Phi) is 5.99. The Morgan fingerprint density at radius 1 is 1.26 bits per heavy atom. The molecule has 0 saturated carbocycles. The van der Waals surface area contributed by atoms with Gasteiger partial charge in [-0.1, -0.05) is 0 Å². The molecule has 0 unspecified atom stereocenters. The lowest BCUT2D eigenvalue weighted by Gasteiger charge is -2.36. The lowest BCUT2D eigenvalue weighted by Crippen LogP contribution is -2.47. The zero-order valence-corrected chi connectivity index (χ0v) is 19.6. The molecule has 10 nitrogen and oxygen atoms in total. The molecule has 12 heteroatoms. The minimum Gasteiger partial charge on any atom is -0.477 e. The van der Waals surface area contributed by atoms with E-state index in [0.29, 0.717) is 62.2 Å². The van der Waals surface area contributed by atoms with Crippen LogP contribution < -0.4 is 10.3 Å². The van der Waals surface area contributed by atoms with E-state index in [1.165, 1.54) is 12.5 Å². The number of piperazine rings is 1. The van der Waals surface area contributed by atoms with Crippen LogP contribution in [0.25, 0.3) is 22.6 Å². The first-order valence-electron chi connectivity index (χ1n) is 11.0. The lowest BCUT2D eigenvalue weighted by atomic mass is 10.1. The standard InChI is InChI=1S/C23H22FN5O5S/c1-2-27-12-15(22(31)32)20(30)14-10-16(24)18(11-17(14)27)28-7-5-26(6-8-28)13-29-23(35)34-21(25-29)19-4-3-9-33-19/h3-4,9-12H,2,5-8,13H2,1H3,(H,31,32). The van der Waals surface area contributed by atoms with Crippen LogP contribution >= 0.6 is 12.2 Å². The number of nitrogens with zero attached hydrogens (tertiary/aromatic N) is 5. The highest BCUT2D eigenvalue weighted by Crippen LogP contribution is 2.27. The molecule has 0 aliphatic carbocycles. The number of aromatic nitrogens is 3. The molecule has 1 fully saturated rings. The third kappa shape index (κ3) is 4.26. The van der Waals surface area contributed by atoms with Crippen molar-refractivity contribution in [3.8, 4) is 11.7 Å². The van der Waals surface area contributed by atoms with Gasteiger partial charge in [-0.05, 0) is 43.4 Å². The summed E-state index contributed by atoms with van der Waals surface area (Å²) < 4.78 is 29.2. The number of hydrogen-bond acceptors (Lipinski definition) is 8. The minimum absolute atomic E-state index is 0.0550. The van der Waals surface area contributed by atoms with Crippen LogP contribution in [-0.2, 0) is 13.2 Å². The number of carboxylic acids is 1. The molecular formula is C23H22FN5O5S. The van der Waals surface area contributed by atoms with E-state index in [-0.39, 0.29) is 15.8 Å². The number of benzene rings is 1. The Labute approximate surface area is 203 Å². The van der Waals surface area contributed by atoms with Gasteiger partial charge in [0.05, 0.1) is 24.1 Å². The average molecular weight is 500 g/mol. The number of carbonyl (C=O) groups is 1. The molecule has 5 rings (SSSR count). The van der Waals surface area contributed by atoms with E-state index in [1.807, 2.05) is 11.8 Å². The summed E-state index contributed by atoms with van der Waals surface area (Å²) in [6.45, 7) is 5.04. The molecule has 0 amide bonds. The van der Waals surface area contributed by atoms with Crippen LogP contribution in [0.2, 0.25) is 0 Å². The Balaban J connectivity index is 1.35. The normalized spacial score (nSPS) is 14.6. The molecule has 0 spiro atoms. The number of pyridine rings is 1. The SMILES string of the molecule is CCn1cc(C(=O)O)c(=O)c2cc(F)c(N3CCN(Cn4nc(-c5ccco5)oc4=S)CC3)cc21. The van der Waals surface area contributed by atoms with Crippen LogP contribution in [0.15, 0.2) is 50.4 Å². The first kappa shape index (κ1) is 23.0. The van der Waals surface area contributed by atoms with E-state index in [2.05, 4.69) is 10.00 Å². The molecule has 1 aliphatic heterocycles. The van der Waals surface area contributed by atoms with Gasteiger partial charge in [-0.2, -0.15) is 0 Å². The second-order valence-electron chi connectivity index (χ2n) is 8.18. The highest BCUT2D eigenvalue weighted by molar-refractivity contribution is 7.71. The van der Waals surface area contributed by atoms with Crippen LogP contribution in [0.4, 0.5) is 10.1 Å². The molecule has 4 heterocycles. The molecule has 0 radical (unpaired) electrons. The number of fused-ring (bicyclic) bond motifs is 1. The number of anilines is 1. The number of carboxylic acid groups (broad SMARTS) is 1. The van der Waals surface area contributed by atoms with Gasteiger partial charge in [0.25, 0.3) is 10.7 Å². The summed E-state index contributed by atoms with van der Waals surface area (Å²) in [5, 5.41) is 13.8. The molecule has 3 aromatic heterocycles. The van der Waals surface area contributed by atoms with Crippen molar-refractivity contribution in [2.75, 3.05) is 31.1 Å². The third-order valence-electron chi connectivity index (χ3n) is 6.11. The van der Waals surface area contributed by atoms with Gasteiger partial charge in [-0.15, -0.1) is 5.10 Å². The highest BCUT2D eigenvalue weighted by Gasteiger charge is 2.23. The van der Waals surface area contributed by atoms with E-state index >= 15 is 4.39 Å². The predicted molar refractivity (Wildman–Crippen MR) is 128 cm³/mol. The first-order valence-corrected chi connectivity index (χ1v) is 11.5. The van der Waals surface area contributed by atoms with Gasteiger partial charge >= 0.3 is 5.97 Å². The largest absolute Gasteiger partial charge is 0.477 e. The van der Waals surface area contributed by atoms with Gasteiger partial charge in [0.2, 0.25) is 5.43 Å². The fourth-order valence-electron chi connectivity index (χ4n) is 4.27. The van der Waals surface area contributed by atoms with Crippen molar-refractivity contribution in [3.05, 3.63) is 63.2 Å². The van der Waals surface area contributed by atoms with Gasteiger partial charge < -0.3 is 23.4 Å². The summed E-state index contributed by atoms with van der Waals surface area (Å²) in [4.78, 5) is 28.3. The Hall–Kier alpha value is -3.77. The number of halogens is 1. The van der Waals surface area contributed by atoms with Crippen molar-refractivity contribution in [1.29, 1.82) is 0 Å². The zero-order chi connectivity index (χ0) is 24.7. The van der Waals surface area contributed by atoms with Crippen molar-refractivity contribution < 1.29 is 23.1 Å².